The fraction of sp³-hybridized carbons (Fsp3) is 0.292. The normalized spacial score (nSPS) is 11.1. The quantitative estimate of drug-likeness (QED) is 0.477. The number of carbonyl (C=O) groups excluding carboxylic acids is 1. The lowest BCUT2D eigenvalue weighted by atomic mass is 10.2. The lowest BCUT2D eigenvalue weighted by Crippen LogP contribution is -2.20. The average Bonchev–Trinajstić information content (AvgIpc) is 2.78. The standard InChI is InChI=1S/C13H18O3.C11H8ClNO3/c1-4-12-5-7-13(8-6-12)15-9-10(2)16-11(3)14;12-8-3-4-9(16-6-10(14)15)11-7(8)2-1-5-13-11/h5-8,10H,4,9H2,1-3H3;1-5H,6H2,(H,14,15). The van der Waals surface area contributed by atoms with Crippen molar-refractivity contribution in [1.82, 2.24) is 4.98 Å². The lowest BCUT2D eigenvalue weighted by Gasteiger charge is -2.13. The van der Waals surface area contributed by atoms with E-state index < -0.39 is 12.6 Å². The molecule has 3 rings (SSSR count). The van der Waals surface area contributed by atoms with Crippen LogP contribution in [0.15, 0.2) is 54.7 Å². The topological polar surface area (TPSA) is 95.0 Å². The van der Waals surface area contributed by atoms with E-state index in [4.69, 9.17) is 30.9 Å². The summed E-state index contributed by atoms with van der Waals surface area (Å²) in [6, 6.07) is 14.8. The zero-order valence-electron chi connectivity index (χ0n) is 18.2. The molecule has 1 aromatic heterocycles. The highest BCUT2D eigenvalue weighted by atomic mass is 35.5. The number of aromatic nitrogens is 1. The van der Waals surface area contributed by atoms with Gasteiger partial charge in [0.1, 0.15) is 29.7 Å². The van der Waals surface area contributed by atoms with Crippen LogP contribution in [-0.4, -0.2) is 41.3 Å². The first-order chi connectivity index (χ1) is 15.3. The second kappa shape index (κ2) is 12.5. The molecule has 8 heteroatoms. The molecule has 0 aliphatic heterocycles. The fourth-order valence-electron chi connectivity index (χ4n) is 2.72. The van der Waals surface area contributed by atoms with E-state index >= 15 is 0 Å². The van der Waals surface area contributed by atoms with E-state index in [-0.39, 0.29) is 12.1 Å². The van der Waals surface area contributed by atoms with E-state index in [9.17, 15) is 9.59 Å². The fourth-order valence-corrected chi connectivity index (χ4v) is 2.94. The van der Waals surface area contributed by atoms with Gasteiger partial charge < -0.3 is 19.3 Å². The van der Waals surface area contributed by atoms with Crippen LogP contribution in [0.25, 0.3) is 10.9 Å². The van der Waals surface area contributed by atoms with E-state index in [1.165, 1.54) is 12.5 Å². The summed E-state index contributed by atoms with van der Waals surface area (Å²) in [5.74, 6) is -0.0879. The Labute approximate surface area is 191 Å². The average molecular weight is 460 g/mol. The van der Waals surface area contributed by atoms with Crippen molar-refractivity contribution in [2.24, 2.45) is 0 Å². The summed E-state index contributed by atoms with van der Waals surface area (Å²) in [7, 11) is 0. The number of hydrogen-bond acceptors (Lipinski definition) is 6. The lowest BCUT2D eigenvalue weighted by molar-refractivity contribution is -0.146. The predicted octanol–water partition coefficient (Wildman–Crippen LogP) is 4.93. The Bertz CT molecular complexity index is 1040. The number of carboxylic acids is 1. The number of carbonyl (C=O) groups is 2. The third-order valence-electron chi connectivity index (χ3n) is 4.21. The van der Waals surface area contributed by atoms with Crippen LogP contribution in [0.5, 0.6) is 11.5 Å². The molecule has 0 saturated heterocycles. The first-order valence-corrected chi connectivity index (χ1v) is 10.4. The number of carboxylic acid groups (broad SMARTS) is 1. The Morgan fingerprint density at radius 2 is 1.81 bits per heavy atom. The van der Waals surface area contributed by atoms with Gasteiger partial charge in [0, 0.05) is 18.5 Å². The van der Waals surface area contributed by atoms with Gasteiger partial charge in [-0.1, -0.05) is 30.7 Å². The van der Waals surface area contributed by atoms with Gasteiger partial charge in [-0.15, -0.1) is 0 Å². The maximum atomic E-state index is 10.7. The molecule has 7 nitrogen and oxygen atoms in total. The molecule has 1 unspecified atom stereocenters. The van der Waals surface area contributed by atoms with Crippen molar-refractivity contribution in [1.29, 1.82) is 0 Å². The molecule has 0 fully saturated rings. The van der Waals surface area contributed by atoms with Crippen molar-refractivity contribution < 1.29 is 28.9 Å². The number of pyridine rings is 1. The highest BCUT2D eigenvalue weighted by molar-refractivity contribution is 6.35. The molecule has 2 aromatic carbocycles. The van der Waals surface area contributed by atoms with Crippen LogP contribution >= 0.6 is 11.6 Å². The minimum atomic E-state index is -1.03. The highest BCUT2D eigenvalue weighted by Crippen LogP contribution is 2.29. The Morgan fingerprint density at radius 3 is 2.44 bits per heavy atom. The number of ether oxygens (including phenoxy) is 3. The zero-order valence-corrected chi connectivity index (χ0v) is 19.0. The maximum absolute atomic E-state index is 10.7. The highest BCUT2D eigenvalue weighted by Gasteiger charge is 2.08. The summed E-state index contributed by atoms with van der Waals surface area (Å²) >= 11 is 5.98. The summed E-state index contributed by atoms with van der Waals surface area (Å²) in [5, 5.41) is 9.83. The van der Waals surface area contributed by atoms with Crippen LogP contribution in [0.2, 0.25) is 5.02 Å². The van der Waals surface area contributed by atoms with E-state index in [0.29, 0.717) is 22.9 Å². The van der Waals surface area contributed by atoms with Crippen LogP contribution in [0.1, 0.15) is 26.3 Å². The maximum Gasteiger partial charge on any atom is 0.341 e. The van der Waals surface area contributed by atoms with Crippen LogP contribution in [0, 0.1) is 0 Å². The molecular weight excluding hydrogens is 434 g/mol. The Morgan fingerprint density at radius 1 is 1.09 bits per heavy atom. The molecule has 3 aromatic rings. The number of aliphatic carboxylic acids is 1. The minimum absolute atomic E-state index is 0.219. The molecule has 1 atom stereocenters. The molecule has 170 valence electrons. The van der Waals surface area contributed by atoms with Crippen molar-refractivity contribution in [3.05, 3.63) is 65.3 Å². The van der Waals surface area contributed by atoms with Crippen LogP contribution < -0.4 is 9.47 Å². The largest absolute Gasteiger partial charge is 0.490 e. The molecule has 0 radical (unpaired) electrons. The number of halogens is 1. The monoisotopic (exact) mass is 459 g/mol. The van der Waals surface area contributed by atoms with Crippen molar-refractivity contribution in [3.8, 4) is 11.5 Å². The minimum Gasteiger partial charge on any atom is -0.490 e. The summed E-state index contributed by atoms with van der Waals surface area (Å²) in [4.78, 5) is 25.2. The van der Waals surface area contributed by atoms with E-state index in [0.717, 1.165) is 17.6 Å². The Kier molecular flexibility index (Phi) is 9.76. The van der Waals surface area contributed by atoms with Gasteiger partial charge >= 0.3 is 11.9 Å². The molecule has 0 saturated carbocycles. The smallest absolute Gasteiger partial charge is 0.341 e. The number of fused-ring (bicyclic) bond motifs is 1. The van der Waals surface area contributed by atoms with Gasteiger partial charge in [-0.25, -0.2) is 4.79 Å². The van der Waals surface area contributed by atoms with Gasteiger partial charge in [0.2, 0.25) is 0 Å². The zero-order chi connectivity index (χ0) is 23.5. The summed E-state index contributed by atoms with van der Waals surface area (Å²) in [5.41, 5.74) is 1.84. The van der Waals surface area contributed by atoms with E-state index in [2.05, 4.69) is 11.9 Å². The third kappa shape index (κ3) is 8.07. The van der Waals surface area contributed by atoms with E-state index in [1.54, 1.807) is 30.5 Å². The summed E-state index contributed by atoms with van der Waals surface area (Å²) in [6.45, 7) is 5.30. The number of rotatable bonds is 8. The molecule has 0 aliphatic rings. The van der Waals surface area contributed by atoms with Gasteiger partial charge in [-0.3, -0.25) is 9.78 Å². The van der Waals surface area contributed by atoms with Gasteiger partial charge in [0.25, 0.3) is 0 Å². The summed E-state index contributed by atoms with van der Waals surface area (Å²) < 4.78 is 15.6. The molecule has 0 spiro atoms. The number of esters is 1. The number of nitrogens with zero attached hydrogens (tertiary/aromatic N) is 1. The second-order valence-corrected chi connectivity index (χ2v) is 7.26. The van der Waals surface area contributed by atoms with Crippen LogP contribution in [-0.2, 0) is 20.7 Å². The van der Waals surface area contributed by atoms with Crippen molar-refractivity contribution in [2.45, 2.75) is 33.3 Å². The molecule has 0 amide bonds. The van der Waals surface area contributed by atoms with Gasteiger partial charge in [0.15, 0.2) is 6.61 Å². The summed E-state index contributed by atoms with van der Waals surface area (Å²) in [6.07, 6.45) is 2.40. The third-order valence-corrected chi connectivity index (χ3v) is 4.54. The van der Waals surface area contributed by atoms with Crippen molar-refractivity contribution in [3.63, 3.8) is 0 Å². The van der Waals surface area contributed by atoms with Crippen molar-refractivity contribution in [2.75, 3.05) is 13.2 Å². The number of aryl methyl sites for hydroxylation is 1. The predicted molar refractivity (Wildman–Crippen MR) is 122 cm³/mol. The SMILES string of the molecule is CCc1ccc(OCC(C)OC(C)=O)cc1.O=C(O)COc1ccc(Cl)c2cccnc12. The van der Waals surface area contributed by atoms with Crippen LogP contribution in [0.3, 0.4) is 0 Å². The van der Waals surface area contributed by atoms with E-state index in [1.807, 2.05) is 31.2 Å². The van der Waals surface area contributed by atoms with Gasteiger partial charge in [0.05, 0.1) is 5.02 Å². The van der Waals surface area contributed by atoms with Crippen LogP contribution in [0.4, 0.5) is 0 Å². The molecule has 1 heterocycles. The second-order valence-electron chi connectivity index (χ2n) is 6.86. The molecule has 32 heavy (non-hydrogen) atoms. The Balaban J connectivity index is 0.000000227. The Hall–Kier alpha value is -3.32. The molecule has 1 N–H and O–H groups in total. The first kappa shape index (κ1) is 24.9. The molecular formula is C24H26ClNO6. The molecule has 0 aliphatic carbocycles. The molecule has 0 bridgehead atoms. The number of benzene rings is 2. The van der Waals surface area contributed by atoms with Gasteiger partial charge in [-0.2, -0.15) is 0 Å². The van der Waals surface area contributed by atoms with Gasteiger partial charge in [-0.05, 0) is 55.3 Å². The number of hydrogen-bond donors (Lipinski definition) is 1. The van der Waals surface area contributed by atoms with Crippen molar-refractivity contribution >= 4 is 34.4 Å². The first-order valence-electron chi connectivity index (χ1n) is 10.1.